The molecule has 0 aliphatic rings. The molecule has 4 heteroatoms. The molecule has 10 heavy (non-hydrogen) atoms. The fraction of sp³-hybridized carbons (Fsp3) is 0. The summed E-state index contributed by atoms with van der Waals surface area (Å²) in [7, 11) is 6.36. The molecule has 0 aliphatic carbocycles. The normalized spacial score (nSPS) is 9.70. The van der Waals surface area contributed by atoms with E-state index in [1.54, 1.807) is 12.1 Å². The van der Waals surface area contributed by atoms with Gasteiger partial charge in [0.05, 0.1) is 4.90 Å². The van der Waals surface area contributed by atoms with Crippen LogP contribution in [-0.2, 0) is 0 Å². The predicted octanol–water partition coefficient (Wildman–Crippen LogP) is 2.22. The van der Waals surface area contributed by atoms with Crippen LogP contribution in [0.2, 0.25) is 0 Å². The lowest BCUT2D eigenvalue weighted by Crippen LogP contribution is -1.83. The number of hydrogen-bond acceptors (Lipinski definition) is 3. The van der Waals surface area contributed by atoms with Crippen LogP contribution in [0.1, 0.15) is 0 Å². The monoisotopic (exact) mass is 175 g/mol. The van der Waals surface area contributed by atoms with E-state index in [2.05, 4.69) is 0 Å². The maximum Gasteiger partial charge on any atom is 0.130 e. The third-order valence-electron chi connectivity index (χ3n) is 1.07. The number of nitrogens with two attached hydrogens (primary N) is 1. The van der Waals surface area contributed by atoms with Crippen LogP contribution in [-0.4, -0.2) is 5.11 Å². The second-order valence-electron chi connectivity index (χ2n) is 1.80. The highest BCUT2D eigenvalue weighted by Gasteiger charge is 1.98. The number of phenolic OH excluding ortho intramolecular Hbond substituents is 1. The molecule has 0 unspecified atom stereocenters. The van der Waals surface area contributed by atoms with E-state index in [4.69, 9.17) is 21.5 Å². The Labute approximate surface area is 67.5 Å². The van der Waals surface area contributed by atoms with Gasteiger partial charge in [-0.25, -0.2) is 0 Å². The fourth-order valence-electron chi connectivity index (χ4n) is 0.593. The molecule has 1 rings (SSSR count). The van der Waals surface area contributed by atoms with Crippen LogP contribution >= 0.6 is 21.7 Å². The standard InChI is InChI=1S/C6H6ClNOS/c7-10-6-3-4(8)1-2-5(6)9/h1-3,9H,8H2. The molecule has 1 aromatic carbocycles. The summed E-state index contributed by atoms with van der Waals surface area (Å²) in [6.45, 7) is 0. The molecule has 0 saturated carbocycles. The minimum absolute atomic E-state index is 0.161. The van der Waals surface area contributed by atoms with Crippen molar-refractivity contribution in [3.05, 3.63) is 18.2 Å². The van der Waals surface area contributed by atoms with E-state index in [1.165, 1.54) is 6.07 Å². The summed E-state index contributed by atoms with van der Waals surface area (Å²) in [6, 6.07) is 4.75. The average molecular weight is 176 g/mol. The van der Waals surface area contributed by atoms with Gasteiger partial charge in [-0.1, -0.05) is 0 Å². The van der Waals surface area contributed by atoms with E-state index in [1.807, 2.05) is 0 Å². The van der Waals surface area contributed by atoms with Crippen LogP contribution in [0.5, 0.6) is 5.75 Å². The smallest absolute Gasteiger partial charge is 0.130 e. The van der Waals surface area contributed by atoms with Crippen LogP contribution in [0.3, 0.4) is 0 Å². The first-order chi connectivity index (χ1) is 4.74. The first-order valence-corrected chi connectivity index (χ1v) is 4.25. The van der Waals surface area contributed by atoms with Gasteiger partial charge < -0.3 is 10.8 Å². The van der Waals surface area contributed by atoms with Crippen molar-refractivity contribution in [2.75, 3.05) is 5.73 Å². The maximum absolute atomic E-state index is 9.07. The lowest BCUT2D eigenvalue weighted by atomic mass is 10.3. The maximum atomic E-state index is 9.07. The molecule has 0 amide bonds. The Bertz CT molecular complexity index is 241. The van der Waals surface area contributed by atoms with Crippen molar-refractivity contribution in [2.45, 2.75) is 4.90 Å². The van der Waals surface area contributed by atoms with Gasteiger partial charge in [-0.3, -0.25) is 0 Å². The number of anilines is 1. The van der Waals surface area contributed by atoms with Crippen molar-refractivity contribution in [2.24, 2.45) is 0 Å². The van der Waals surface area contributed by atoms with Gasteiger partial charge in [0.15, 0.2) is 0 Å². The van der Waals surface area contributed by atoms with Gasteiger partial charge in [-0.2, -0.15) is 0 Å². The summed E-state index contributed by atoms with van der Waals surface area (Å²) in [5, 5.41) is 9.07. The summed E-state index contributed by atoms with van der Waals surface area (Å²) < 4.78 is 0. The summed E-state index contributed by atoms with van der Waals surface area (Å²) in [4.78, 5) is 0.585. The molecule has 0 heterocycles. The molecule has 0 fully saturated rings. The van der Waals surface area contributed by atoms with Crippen molar-refractivity contribution in [3.8, 4) is 5.75 Å². The van der Waals surface area contributed by atoms with E-state index in [9.17, 15) is 0 Å². The van der Waals surface area contributed by atoms with Gasteiger partial charge in [-0.05, 0) is 39.9 Å². The molecule has 2 nitrogen and oxygen atoms in total. The number of rotatable bonds is 1. The molecule has 0 aliphatic heterocycles. The van der Waals surface area contributed by atoms with E-state index >= 15 is 0 Å². The molecule has 54 valence electrons. The second kappa shape index (κ2) is 3.03. The van der Waals surface area contributed by atoms with Gasteiger partial charge in [0.25, 0.3) is 0 Å². The SMILES string of the molecule is Nc1ccc(O)c(SCl)c1. The van der Waals surface area contributed by atoms with Crippen LogP contribution in [0, 0.1) is 0 Å². The van der Waals surface area contributed by atoms with Crippen molar-refractivity contribution < 1.29 is 5.11 Å². The molecule has 0 spiro atoms. The van der Waals surface area contributed by atoms with Crippen molar-refractivity contribution in [1.29, 1.82) is 0 Å². The van der Waals surface area contributed by atoms with Crippen molar-refractivity contribution >= 4 is 27.3 Å². The van der Waals surface area contributed by atoms with E-state index in [0.717, 1.165) is 11.0 Å². The fourth-order valence-corrected chi connectivity index (χ4v) is 1.29. The minimum Gasteiger partial charge on any atom is -0.507 e. The van der Waals surface area contributed by atoms with Crippen LogP contribution in [0.4, 0.5) is 5.69 Å². The molecule has 0 bridgehead atoms. The predicted molar refractivity (Wildman–Crippen MR) is 44.2 cm³/mol. The number of nitrogen functional groups attached to an aromatic ring is 1. The highest BCUT2D eigenvalue weighted by atomic mass is 35.7. The summed E-state index contributed by atoms with van der Waals surface area (Å²) in [5.41, 5.74) is 6.02. The number of halogens is 1. The minimum atomic E-state index is 0.161. The summed E-state index contributed by atoms with van der Waals surface area (Å²) in [6.07, 6.45) is 0. The van der Waals surface area contributed by atoms with Gasteiger partial charge in [-0.15, -0.1) is 0 Å². The number of hydrogen-bond donors (Lipinski definition) is 2. The average Bonchev–Trinajstić information content (AvgIpc) is 1.94. The Balaban J connectivity index is 3.09. The Morgan fingerprint density at radius 3 is 2.70 bits per heavy atom. The van der Waals surface area contributed by atoms with Gasteiger partial charge in [0.2, 0.25) is 0 Å². The lowest BCUT2D eigenvalue weighted by molar-refractivity contribution is 0.463. The zero-order valence-corrected chi connectivity index (χ0v) is 6.62. The van der Waals surface area contributed by atoms with E-state index < -0.39 is 0 Å². The Morgan fingerprint density at radius 1 is 1.50 bits per heavy atom. The molecule has 0 atom stereocenters. The second-order valence-corrected chi connectivity index (χ2v) is 2.86. The first kappa shape index (κ1) is 7.57. The molecule has 0 radical (unpaired) electrons. The van der Waals surface area contributed by atoms with Gasteiger partial charge in [0, 0.05) is 5.69 Å². The highest BCUT2D eigenvalue weighted by Crippen LogP contribution is 2.32. The zero-order chi connectivity index (χ0) is 7.56. The third-order valence-corrected chi connectivity index (χ3v) is 2.06. The van der Waals surface area contributed by atoms with Crippen LogP contribution in [0.15, 0.2) is 23.1 Å². The number of aromatic hydroxyl groups is 1. The Hall–Kier alpha value is -0.540. The van der Waals surface area contributed by atoms with Crippen molar-refractivity contribution in [1.82, 2.24) is 0 Å². The first-order valence-electron chi connectivity index (χ1n) is 2.61. The highest BCUT2D eigenvalue weighted by molar-refractivity contribution is 8.21. The van der Waals surface area contributed by atoms with E-state index in [0.29, 0.717) is 10.6 Å². The molecule has 0 aromatic heterocycles. The number of benzene rings is 1. The molecule has 1 aromatic rings. The van der Waals surface area contributed by atoms with E-state index in [-0.39, 0.29) is 5.75 Å². The number of phenols is 1. The Morgan fingerprint density at radius 2 is 2.20 bits per heavy atom. The van der Waals surface area contributed by atoms with Crippen molar-refractivity contribution in [3.63, 3.8) is 0 Å². The van der Waals surface area contributed by atoms with Gasteiger partial charge in [0.1, 0.15) is 5.75 Å². The topological polar surface area (TPSA) is 46.2 Å². The summed E-state index contributed by atoms with van der Waals surface area (Å²) in [5.74, 6) is 0.161. The third kappa shape index (κ3) is 1.49. The molecular formula is C6H6ClNOS. The summed E-state index contributed by atoms with van der Waals surface area (Å²) >= 11 is 0. The molecule has 3 N–H and O–H groups in total. The zero-order valence-electron chi connectivity index (χ0n) is 5.04. The Kier molecular flexibility index (Phi) is 2.29. The van der Waals surface area contributed by atoms with Crippen LogP contribution in [0.25, 0.3) is 0 Å². The quantitative estimate of drug-likeness (QED) is 0.508. The largest absolute Gasteiger partial charge is 0.507 e. The molecular weight excluding hydrogens is 170 g/mol. The molecule has 0 saturated heterocycles. The van der Waals surface area contributed by atoms with Gasteiger partial charge >= 0.3 is 0 Å². The van der Waals surface area contributed by atoms with Crippen LogP contribution < -0.4 is 5.73 Å². The lowest BCUT2D eigenvalue weighted by Gasteiger charge is -1.98.